The average molecular weight is 223 g/mol. The van der Waals surface area contributed by atoms with E-state index in [4.69, 9.17) is 4.74 Å². The third-order valence-electron chi connectivity index (χ3n) is 1.78. The first-order valence-corrected chi connectivity index (χ1v) is 4.75. The van der Waals surface area contributed by atoms with Crippen molar-refractivity contribution in [2.45, 2.75) is 6.92 Å². The summed E-state index contributed by atoms with van der Waals surface area (Å²) in [5.74, 6) is -0.336. The Kier molecular flexibility index (Phi) is 4.32. The normalized spacial score (nSPS) is 11.0. The molecule has 0 aromatic carbocycles. The molecule has 5 nitrogen and oxygen atoms in total. The first-order chi connectivity index (χ1) is 7.67. The molecule has 16 heavy (non-hydrogen) atoms. The fourth-order valence-electron chi connectivity index (χ4n) is 1.03. The van der Waals surface area contributed by atoms with Crippen molar-refractivity contribution >= 4 is 11.7 Å². The van der Waals surface area contributed by atoms with Gasteiger partial charge >= 0.3 is 5.97 Å². The number of esters is 1. The lowest BCUT2D eigenvalue weighted by molar-refractivity contribution is -0.137. The number of rotatable bonds is 4. The largest absolute Gasteiger partial charge is 0.507 e. The second kappa shape index (κ2) is 5.75. The van der Waals surface area contributed by atoms with Crippen molar-refractivity contribution in [2.24, 2.45) is 0 Å². The summed E-state index contributed by atoms with van der Waals surface area (Å²) >= 11 is 0. The van der Waals surface area contributed by atoms with Gasteiger partial charge in [-0.15, -0.1) is 0 Å². The zero-order valence-electron chi connectivity index (χ0n) is 9.14. The Hall–Kier alpha value is -2.04. The minimum absolute atomic E-state index is 0.186. The molecule has 0 aliphatic rings. The van der Waals surface area contributed by atoms with Gasteiger partial charge in [0, 0.05) is 17.8 Å². The first-order valence-electron chi connectivity index (χ1n) is 4.75. The summed E-state index contributed by atoms with van der Waals surface area (Å²) in [5.41, 5.74) is 0.425. The first kappa shape index (κ1) is 12.0. The molecule has 5 heteroatoms. The van der Waals surface area contributed by atoms with Gasteiger partial charge in [-0.05, 0) is 13.0 Å². The van der Waals surface area contributed by atoms with Crippen LogP contribution in [0, 0.1) is 0 Å². The summed E-state index contributed by atoms with van der Waals surface area (Å²) in [6, 6.07) is 3.18. The molecule has 0 amide bonds. The zero-order chi connectivity index (χ0) is 12.0. The predicted molar refractivity (Wildman–Crippen MR) is 58.0 cm³/mol. The van der Waals surface area contributed by atoms with Crippen LogP contribution in [-0.2, 0) is 9.53 Å². The summed E-state index contributed by atoms with van der Waals surface area (Å²) in [6.07, 6.45) is 2.41. The molecule has 1 aromatic heterocycles. The van der Waals surface area contributed by atoms with Crippen molar-refractivity contribution in [1.82, 2.24) is 4.98 Å². The van der Waals surface area contributed by atoms with Crippen LogP contribution in [0.15, 0.2) is 24.4 Å². The van der Waals surface area contributed by atoms with Crippen LogP contribution in [-0.4, -0.2) is 29.8 Å². The molecule has 1 aromatic rings. The molecule has 0 aliphatic heterocycles. The van der Waals surface area contributed by atoms with Crippen LogP contribution in [0.3, 0.4) is 0 Å². The van der Waals surface area contributed by atoms with E-state index in [-0.39, 0.29) is 12.4 Å². The van der Waals surface area contributed by atoms with Crippen molar-refractivity contribution in [3.63, 3.8) is 0 Å². The van der Waals surface area contributed by atoms with Gasteiger partial charge in [0.1, 0.15) is 5.76 Å². The van der Waals surface area contributed by atoms with E-state index in [0.29, 0.717) is 11.4 Å². The van der Waals surface area contributed by atoms with E-state index in [1.54, 1.807) is 19.1 Å². The van der Waals surface area contributed by atoms with Gasteiger partial charge in [-0.1, -0.05) is 0 Å². The van der Waals surface area contributed by atoms with Crippen LogP contribution in [0.25, 0.3) is 5.76 Å². The highest BCUT2D eigenvalue weighted by Crippen LogP contribution is 2.13. The number of carbonyl (C=O) groups excluding carboxylic acids is 1. The van der Waals surface area contributed by atoms with Crippen molar-refractivity contribution in [3.8, 4) is 5.88 Å². The third-order valence-corrected chi connectivity index (χ3v) is 1.78. The Morgan fingerprint density at radius 3 is 2.81 bits per heavy atom. The fraction of sp³-hybridized carbons (Fsp3) is 0.273. The van der Waals surface area contributed by atoms with Crippen molar-refractivity contribution < 1.29 is 19.4 Å². The maximum Gasteiger partial charge on any atom is 0.334 e. The maximum atomic E-state index is 11.0. The molecule has 0 atom stereocenters. The van der Waals surface area contributed by atoms with E-state index in [1.807, 2.05) is 0 Å². The molecule has 0 saturated carbocycles. The number of carbonyl (C=O) groups is 1. The highest BCUT2D eigenvalue weighted by atomic mass is 16.5. The summed E-state index contributed by atoms with van der Waals surface area (Å²) in [6.45, 7) is 1.96. The predicted octanol–water partition coefficient (Wildman–Crippen LogP) is 1.55. The average Bonchev–Trinajstić information content (AvgIpc) is 2.29. The minimum atomic E-state index is -0.587. The molecule has 0 aliphatic carbocycles. The highest BCUT2D eigenvalue weighted by Gasteiger charge is 2.04. The van der Waals surface area contributed by atoms with Gasteiger partial charge in [0.05, 0.1) is 19.8 Å². The molecule has 0 spiro atoms. The molecule has 1 heterocycles. The van der Waals surface area contributed by atoms with Crippen LogP contribution in [0.1, 0.15) is 12.5 Å². The molecule has 1 N–H and O–H groups in total. The Balaban J connectivity index is 2.79. The van der Waals surface area contributed by atoms with Gasteiger partial charge in [-0.25, -0.2) is 9.78 Å². The van der Waals surface area contributed by atoms with Crippen LogP contribution in [0.4, 0.5) is 0 Å². The molecule has 0 unspecified atom stereocenters. The topological polar surface area (TPSA) is 68.7 Å². The number of aliphatic hydroxyl groups excluding tert-OH is 1. The summed E-state index contributed by atoms with van der Waals surface area (Å²) in [4.78, 5) is 14.9. The molecule has 1 rings (SSSR count). The summed E-state index contributed by atoms with van der Waals surface area (Å²) < 4.78 is 9.52. The van der Waals surface area contributed by atoms with Crippen molar-refractivity contribution in [1.29, 1.82) is 0 Å². The Morgan fingerprint density at radius 2 is 2.31 bits per heavy atom. The second-order valence-corrected chi connectivity index (χ2v) is 2.87. The Bertz CT molecular complexity index is 383. The van der Waals surface area contributed by atoms with Gasteiger partial charge in [0.15, 0.2) is 0 Å². The van der Waals surface area contributed by atoms with Crippen LogP contribution in [0.2, 0.25) is 0 Å². The smallest absolute Gasteiger partial charge is 0.334 e. The molecular formula is C11H13NO4. The van der Waals surface area contributed by atoms with Crippen LogP contribution >= 0.6 is 0 Å². The van der Waals surface area contributed by atoms with Gasteiger partial charge < -0.3 is 14.6 Å². The summed E-state index contributed by atoms with van der Waals surface area (Å²) in [7, 11) is 1.50. The number of nitrogens with zero attached hydrogens (tertiary/aromatic N) is 1. The van der Waals surface area contributed by atoms with Crippen molar-refractivity contribution in [3.05, 3.63) is 30.0 Å². The number of ether oxygens (including phenoxy) is 2. The highest BCUT2D eigenvalue weighted by molar-refractivity contribution is 5.89. The minimum Gasteiger partial charge on any atom is -0.507 e. The van der Waals surface area contributed by atoms with E-state index in [2.05, 4.69) is 9.72 Å². The number of aliphatic hydroxyl groups is 1. The number of methoxy groups -OCH3 is 1. The van der Waals surface area contributed by atoms with Crippen LogP contribution in [0.5, 0.6) is 5.88 Å². The van der Waals surface area contributed by atoms with Gasteiger partial charge in [0.2, 0.25) is 5.88 Å². The second-order valence-electron chi connectivity index (χ2n) is 2.87. The molecule has 86 valence electrons. The summed E-state index contributed by atoms with van der Waals surface area (Å²) in [5, 5.41) is 9.56. The van der Waals surface area contributed by atoms with E-state index in [1.165, 1.54) is 13.3 Å². The van der Waals surface area contributed by atoms with E-state index >= 15 is 0 Å². The lowest BCUT2D eigenvalue weighted by Gasteiger charge is -2.02. The van der Waals surface area contributed by atoms with Crippen LogP contribution < -0.4 is 4.74 Å². The molecule has 0 radical (unpaired) electrons. The molecular weight excluding hydrogens is 210 g/mol. The lowest BCUT2D eigenvalue weighted by Crippen LogP contribution is -2.01. The van der Waals surface area contributed by atoms with E-state index < -0.39 is 5.97 Å². The maximum absolute atomic E-state index is 11.0. The number of aromatic nitrogens is 1. The monoisotopic (exact) mass is 223 g/mol. The number of pyridine rings is 1. The lowest BCUT2D eigenvalue weighted by atomic mass is 10.2. The number of hydrogen-bond acceptors (Lipinski definition) is 5. The standard InChI is InChI=1S/C11H13NO4/c1-3-16-11(14)6-9(13)8-4-5-10(15-2)12-7-8/h4-7,13H,3H2,1-2H3/b9-6-. The third kappa shape index (κ3) is 3.27. The van der Waals surface area contributed by atoms with Gasteiger partial charge in [0.25, 0.3) is 0 Å². The zero-order valence-corrected chi connectivity index (χ0v) is 9.14. The fourth-order valence-corrected chi connectivity index (χ4v) is 1.03. The van der Waals surface area contributed by atoms with E-state index in [0.717, 1.165) is 6.08 Å². The SMILES string of the molecule is CCOC(=O)/C=C(\O)c1ccc(OC)nc1. The van der Waals surface area contributed by atoms with Gasteiger partial charge in [-0.3, -0.25) is 0 Å². The number of hydrogen-bond donors (Lipinski definition) is 1. The van der Waals surface area contributed by atoms with E-state index in [9.17, 15) is 9.90 Å². The Labute approximate surface area is 93.3 Å². The van der Waals surface area contributed by atoms with Crippen molar-refractivity contribution in [2.75, 3.05) is 13.7 Å². The quantitative estimate of drug-likeness (QED) is 0.476. The van der Waals surface area contributed by atoms with Gasteiger partial charge in [-0.2, -0.15) is 0 Å². The Morgan fingerprint density at radius 1 is 1.56 bits per heavy atom. The molecule has 0 saturated heterocycles. The molecule has 0 fully saturated rings. The molecule has 0 bridgehead atoms.